The summed E-state index contributed by atoms with van der Waals surface area (Å²) in [5.41, 5.74) is 1.42. The topological polar surface area (TPSA) is 90.7 Å². The number of amides is 1. The number of carbonyl (C=O) groups excluding carboxylic acids is 1. The molecule has 0 aliphatic rings. The zero-order valence-corrected chi connectivity index (χ0v) is 15.5. The molecule has 142 valence electrons. The maximum Gasteiger partial charge on any atom is 0.270 e. The molecule has 0 heterocycles. The van der Waals surface area contributed by atoms with Crippen molar-refractivity contribution in [1.29, 1.82) is 0 Å². The van der Waals surface area contributed by atoms with E-state index in [4.69, 9.17) is 9.47 Å². The van der Waals surface area contributed by atoms with Gasteiger partial charge >= 0.3 is 0 Å². The number of nitro groups is 1. The van der Waals surface area contributed by atoms with Crippen molar-refractivity contribution in [2.45, 2.75) is 26.5 Å². The van der Waals surface area contributed by atoms with Crippen molar-refractivity contribution in [1.82, 2.24) is 5.32 Å². The third-order valence-electron chi connectivity index (χ3n) is 3.57. The minimum atomic E-state index is -0.475. The number of nitro benzene ring substituents is 1. The van der Waals surface area contributed by atoms with Gasteiger partial charge in [-0.15, -0.1) is 0 Å². The fraction of sp³-hybridized carbons (Fsp3) is 0.250. The SMILES string of the molecule is COc1cc(CNC(=O)/C=C/c2cccc([N+](=O)[O-])c2)ccc1OC(C)C. The van der Waals surface area contributed by atoms with Gasteiger partial charge in [0, 0.05) is 24.8 Å². The quantitative estimate of drug-likeness (QED) is 0.434. The number of nitrogens with one attached hydrogen (secondary N) is 1. The summed E-state index contributed by atoms with van der Waals surface area (Å²) in [7, 11) is 1.56. The molecule has 0 spiro atoms. The molecule has 1 amide bonds. The lowest BCUT2D eigenvalue weighted by atomic mass is 10.2. The van der Waals surface area contributed by atoms with E-state index in [1.807, 2.05) is 26.0 Å². The lowest BCUT2D eigenvalue weighted by Gasteiger charge is -2.14. The van der Waals surface area contributed by atoms with Gasteiger partial charge in [0.05, 0.1) is 18.1 Å². The number of methoxy groups -OCH3 is 1. The largest absolute Gasteiger partial charge is 0.493 e. The predicted octanol–water partition coefficient (Wildman–Crippen LogP) is 3.72. The van der Waals surface area contributed by atoms with E-state index in [1.165, 1.54) is 24.3 Å². The Balaban J connectivity index is 1.97. The van der Waals surface area contributed by atoms with E-state index < -0.39 is 4.92 Å². The highest BCUT2D eigenvalue weighted by Gasteiger charge is 2.08. The molecular weight excluding hydrogens is 348 g/mol. The smallest absolute Gasteiger partial charge is 0.270 e. The normalized spacial score (nSPS) is 10.8. The first-order valence-electron chi connectivity index (χ1n) is 8.43. The Kier molecular flexibility index (Phi) is 6.93. The molecule has 0 aliphatic carbocycles. The third-order valence-corrected chi connectivity index (χ3v) is 3.57. The number of ether oxygens (including phenoxy) is 2. The first-order chi connectivity index (χ1) is 12.9. The van der Waals surface area contributed by atoms with Crippen LogP contribution < -0.4 is 14.8 Å². The van der Waals surface area contributed by atoms with Crippen molar-refractivity contribution in [2.75, 3.05) is 7.11 Å². The van der Waals surface area contributed by atoms with Gasteiger partial charge in [-0.05, 0) is 43.2 Å². The monoisotopic (exact) mass is 370 g/mol. The number of benzene rings is 2. The van der Waals surface area contributed by atoms with E-state index in [-0.39, 0.29) is 17.7 Å². The van der Waals surface area contributed by atoms with Gasteiger partial charge in [0.1, 0.15) is 0 Å². The Morgan fingerprint density at radius 1 is 1.22 bits per heavy atom. The van der Waals surface area contributed by atoms with Crippen molar-refractivity contribution in [3.63, 3.8) is 0 Å². The molecule has 0 unspecified atom stereocenters. The fourth-order valence-electron chi connectivity index (χ4n) is 2.34. The van der Waals surface area contributed by atoms with E-state index in [9.17, 15) is 14.9 Å². The second-order valence-electron chi connectivity index (χ2n) is 6.06. The molecule has 0 saturated heterocycles. The molecule has 2 rings (SSSR count). The summed E-state index contributed by atoms with van der Waals surface area (Å²) in [5, 5.41) is 13.5. The number of carbonyl (C=O) groups is 1. The Hall–Kier alpha value is -3.35. The van der Waals surface area contributed by atoms with Gasteiger partial charge in [0.2, 0.25) is 5.91 Å². The average molecular weight is 370 g/mol. The van der Waals surface area contributed by atoms with Crippen LogP contribution in [0.25, 0.3) is 6.08 Å². The summed E-state index contributed by atoms with van der Waals surface area (Å²) in [6.07, 6.45) is 2.90. The molecular formula is C20H22N2O5. The van der Waals surface area contributed by atoms with Crippen molar-refractivity contribution in [3.05, 3.63) is 69.8 Å². The minimum Gasteiger partial charge on any atom is -0.493 e. The van der Waals surface area contributed by atoms with Crippen LogP contribution in [0.1, 0.15) is 25.0 Å². The highest BCUT2D eigenvalue weighted by atomic mass is 16.6. The first kappa shape index (κ1) is 20.0. The van der Waals surface area contributed by atoms with Crippen LogP contribution in [-0.4, -0.2) is 24.0 Å². The second-order valence-corrected chi connectivity index (χ2v) is 6.06. The molecule has 7 nitrogen and oxygen atoms in total. The Morgan fingerprint density at radius 2 is 2.00 bits per heavy atom. The van der Waals surface area contributed by atoms with Crippen LogP contribution in [0.15, 0.2) is 48.5 Å². The lowest BCUT2D eigenvalue weighted by Crippen LogP contribution is -2.20. The lowest BCUT2D eigenvalue weighted by molar-refractivity contribution is -0.384. The van der Waals surface area contributed by atoms with Gasteiger partial charge < -0.3 is 14.8 Å². The maximum absolute atomic E-state index is 12.0. The Morgan fingerprint density at radius 3 is 2.67 bits per heavy atom. The van der Waals surface area contributed by atoms with Gasteiger partial charge in [-0.3, -0.25) is 14.9 Å². The number of hydrogen-bond donors (Lipinski definition) is 1. The van der Waals surface area contributed by atoms with E-state index in [0.29, 0.717) is 23.6 Å². The van der Waals surface area contributed by atoms with Crippen LogP contribution in [0.3, 0.4) is 0 Å². The number of non-ortho nitro benzene ring substituents is 1. The second kappa shape index (κ2) is 9.38. The maximum atomic E-state index is 12.0. The molecule has 0 fully saturated rings. The molecule has 27 heavy (non-hydrogen) atoms. The zero-order valence-electron chi connectivity index (χ0n) is 15.5. The van der Waals surface area contributed by atoms with Crippen LogP contribution >= 0.6 is 0 Å². The number of hydrogen-bond acceptors (Lipinski definition) is 5. The Labute approximate surface area is 157 Å². The number of nitrogens with zero attached hydrogens (tertiary/aromatic N) is 1. The number of rotatable bonds is 8. The minimum absolute atomic E-state index is 0.0200. The van der Waals surface area contributed by atoms with Crippen LogP contribution in [0.4, 0.5) is 5.69 Å². The summed E-state index contributed by atoms with van der Waals surface area (Å²) >= 11 is 0. The third kappa shape index (κ3) is 6.14. The zero-order chi connectivity index (χ0) is 19.8. The summed E-state index contributed by atoms with van der Waals surface area (Å²) in [6, 6.07) is 11.5. The first-order valence-corrected chi connectivity index (χ1v) is 8.43. The Bertz CT molecular complexity index is 846. The fourth-order valence-corrected chi connectivity index (χ4v) is 2.34. The van der Waals surface area contributed by atoms with Gasteiger partial charge in [0.15, 0.2) is 11.5 Å². The van der Waals surface area contributed by atoms with Crippen molar-refractivity contribution < 1.29 is 19.2 Å². The van der Waals surface area contributed by atoms with E-state index >= 15 is 0 Å². The van der Waals surface area contributed by atoms with Gasteiger partial charge in [-0.2, -0.15) is 0 Å². The molecule has 0 radical (unpaired) electrons. The molecule has 0 bridgehead atoms. The van der Waals surface area contributed by atoms with Crippen LogP contribution in [0.2, 0.25) is 0 Å². The van der Waals surface area contributed by atoms with Crippen molar-refractivity contribution in [3.8, 4) is 11.5 Å². The predicted molar refractivity (Wildman–Crippen MR) is 103 cm³/mol. The molecule has 0 aromatic heterocycles. The standard InChI is InChI=1S/C20H22N2O5/c1-14(2)27-18-9-7-16(12-19(18)26-3)13-21-20(23)10-8-15-5-4-6-17(11-15)22(24)25/h4-12,14H,13H2,1-3H3,(H,21,23)/b10-8+. The van der Waals surface area contributed by atoms with E-state index in [0.717, 1.165) is 5.56 Å². The average Bonchev–Trinajstić information content (AvgIpc) is 2.65. The molecule has 0 saturated carbocycles. The highest BCUT2D eigenvalue weighted by molar-refractivity contribution is 5.91. The summed E-state index contributed by atoms with van der Waals surface area (Å²) < 4.78 is 11.0. The van der Waals surface area contributed by atoms with Crippen molar-refractivity contribution >= 4 is 17.7 Å². The summed E-state index contributed by atoms with van der Waals surface area (Å²) in [4.78, 5) is 22.3. The van der Waals surface area contributed by atoms with Crippen molar-refractivity contribution in [2.24, 2.45) is 0 Å². The molecule has 0 aliphatic heterocycles. The van der Waals surface area contributed by atoms with Crippen LogP contribution in [0, 0.1) is 10.1 Å². The summed E-state index contributed by atoms with van der Waals surface area (Å²) in [5.74, 6) is 0.943. The van der Waals surface area contributed by atoms with Gasteiger partial charge in [-0.1, -0.05) is 18.2 Å². The van der Waals surface area contributed by atoms with Gasteiger partial charge in [0.25, 0.3) is 5.69 Å². The van der Waals surface area contributed by atoms with Gasteiger partial charge in [-0.25, -0.2) is 0 Å². The molecule has 2 aromatic carbocycles. The van der Waals surface area contributed by atoms with Crippen LogP contribution in [0.5, 0.6) is 11.5 Å². The molecule has 7 heteroatoms. The highest BCUT2D eigenvalue weighted by Crippen LogP contribution is 2.28. The molecule has 1 N–H and O–H groups in total. The molecule has 0 atom stereocenters. The molecule has 2 aromatic rings. The van der Waals surface area contributed by atoms with E-state index in [1.54, 1.807) is 25.3 Å². The van der Waals surface area contributed by atoms with E-state index in [2.05, 4.69) is 5.32 Å². The van der Waals surface area contributed by atoms with Crippen LogP contribution in [-0.2, 0) is 11.3 Å². The summed E-state index contributed by atoms with van der Waals surface area (Å²) in [6.45, 7) is 4.18.